The first-order chi connectivity index (χ1) is 13.5. The molecule has 0 bridgehead atoms. The largest absolute Gasteiger partial charge is 0.339 e. The minimum atomic E-state index is -3.29. The Morgan fingerprint density at radius 2 is 1.68 bits per heavy atom. The molecule has 2 aromatic rings. The fourth-order valence-corrected chi connectivity index (χ4v) is 5.10. The van der Waals surface area contributed by atoms with Gasteiger partial charge in [-0.25, -0.2) is 8.42 Å². The van der Waals surface area contributed by atoms with Gasteiger partial charge in [0.05, 0.1) is 5.75 Å². The normalized spacial score (nSPS) is 15.8. The van der Waals surface area contributed by atoms with Crippen molar-refractivity contribution in [3.63, 3.8) is 0 Å². The summed E-state index contributed by atoms with van der Waals surface area (Å²) in [5.74, 6) is -0.477. The van der Waals surface area contributed by atoms with E-state index in [1.807, 2.05) is 13.0 Å². The minimum absolute atomic E-state index is 0.119. The second kappa shape index (κ2) is 9.52. The first-order valence-corrected chi connectivity index (χ1v) is 12.0. The molecule has 1 aliphatic rings. The van der Waals surface area contributed by atoms with E-state index >= 15 is 0 Å². The molecule has 28 heavy (non-hydrogen) atoms. The lowest BCUT2D eigenvalue weighted by Gasteiger charge is -2.35. The van der Waals surface area contributed by atoms with Crippen molar-refractivity contribution in [1.82, 2.24) is 9.80 Å². The fraction of sp³-hybridized carbons (Fsp3) is 0.500. The topological polar surface area (TPSA) is 57.7 Å². The molecule has 0 aliphatic carbocycles. The predicted molar refractivity (Wildman–Crippen MR) is 114 cm³/mol. The first kappa shape index (κ1) is 20.8. The maximum Gasteiger partial charge on any atom is 0.237 e. The molecule has 1 fully saturated rings. The lowest BCUT2D eigenvalue weighted by Crippen LogP contribution is -2.49. The number of hydrogen-bond donors (Lipinski definition) is 0. The minimum Gasteiger partial charge on any atom is -0.339 e. The van der Waals surface area contributed by atoms with Crippen molar-refractivity contribution in [2.75, 3.05) is 37.7 Å². The molecular formula is C22H30N2O3S. The van der Waals surface area contributed by atoms with Gasteiger partial charge >= 0.3 is 0 Å². The van der Waals surface area contributed by atoms with Gasteiger partial charge in [-0.3, -0.25) is 9.69 Å². The zero-order chi connectivity index (χ0) is 20.0. The van der Waals surface area contributed by atoms with Crippen LogP contribution < -0.4 is 0 Å². The van der Waals surface area contributed by atoms with E-state index in [1.165, 1.54) is 16.3 Å². The van der Waals surface area contributed by atoms with Crippen LogP contribution in [-0.2, 0) is 21.2 Å². The van der Waals surface area contributed by atoms with Crippen LogP contribution in [0.25, 0.3) is 10.8 Å². The number of fused-ring (bicyclic) bond motifs is 1. The number of amides is 1. The van der Waals surface area contributed by atoms with E-state index in [4.69, 9.17) is 0 Å². The van der Waals surface area contributed by atoms with Crippen molar-refractivity contribution in [2.24, 2.45) is 0 Å². The molecule has 0 unspecified atom stereocenters. The van der Waals surface area contributed by atoms with E-state index in [-0.39, 0.29) is 17.4 Å². The van der Waals surface area contributed by atoms with Gasteiger partial charge in [-0.05, 0) is 22.8 Å². The molecule has 0 saturated carbocycles. The van der Waals surface area contributed by atoms with Crippen LogP contribution in [-0.4, -0.2) is 61.8 Å². The molecule has 2 aromatic carbocycles. The highest BCUT2D eigenvalue weighted by Crippen LogP contribution is 2.20. The van der Waals surface area contributed by atoms with Crippen LogP contribution in [0.3, 0.4) is 0 Å². The fourth-order valence-electron chi connectivity index (χ4n) is 3.75. The van der Waals surface area contributed by atoms with Gasteiger partial charge in [0.25, 0.3) is 0 Å². The van der Waals surface area contributed by atoms with E-state index in [1.54, 1.807) is 4.90 Å². The molecule has 0 N–H and O–H groups in total. The number of sulfone groups is 1. The number of benzene rings is 2. The Labute approximate surface area is 168 Å². The third-order valence-corrected chi connectivity index (χ3v) is 7.00. The Balaban J connectivity index is 1.52. The average Bonchev–Trinajstić information content (AvgIpc) is 2.68. The lowest BCUT2D eigenvalue weighted by atomic mass is 10.0. The summed E-state index contributed by atoms with van der Waals surface area (Å²) < 4.78 is 24.3. The van der Waals surface area contributed by atoms with Gasteiger partial charge in [0, 0.05) is 32.7 Å². The monoisotopic (exact) mass is 402 g/mol. The van der Waals surface area contributed by atoms with Gasteiger partial charge in [-0.1, -0.05) is 62.2 Å². The van der Waals surface area contributed by atoms with E-state index in [9.17, 15) is 13.2 Å². The highest BCUT2D eigenvalue weighted by Gasteiger charge is 2.25. The second-order valence-electron chi connectivity index (χ2n) is 7.59. The molecular weight excluding hydrogens is 372 g/mol. The molecule has 1 heterocycles. The number of nitrogens with zero attached hydrogens (tertiary/aromatic N) is 2. The quantitative estimate of drug-likeness (QED) is 0.637. The number of piperazine rings is 1. The molecule has 0 atom stereocenters. The third kappa shape index (κ3) is 5.55. The summed E-state index contributed by atoms with van der Waals surface area (Å²) in [4.78, 5) is 16.5. The van der Waals surface area contributed by atoms with Crippen molar-refractivity contribution in [3.8, 4) is 0 Å². The van der Waals surface area contributed by atoms with Gasteiger partial charge in [0.1, 0.15) is 5.75 Å². The van der Waals surface area contributed by atoms with Crippen molar-refractivity contribution in [2.45, 2.75) is 32.7 Å². The molecule has 1 amide bonds. The third-order valence-electron chi connectivity index (χ3n) is 5.40. The maximum atomic E-state index is 12.4. The molecule has 1 aliphatic heterocycles. The van der Waals surface area contributed by atoms with Crippen molar-refractivity contribution >= 4 is 26.5 Å². The van der Waals surface area contributed by atoms with Crippen molar-refractivity contribution in [3.05, 3.63) is 48.0 Å². The Kier molecular flexibility index (Phi) is 7.08. The van der Waals surface area contributed by atoms with E-state index < -0.39 is 9.84 Å². The molecule has 5 nitrogen and oxygen atoms in total. The predicted octanol–water partition coefficient (Wildman–Crippen LogP) is 3.09. The average molecular weight is 403 g/mol. The number of carbonyl (C=O) groups is 1. The lowest BCUT2D eigenvalue weighted by molar-refractivity contribution is -0.130. The van der Waals surface area contributed by atoms with Gasteiger partial charge in [0.2, 0.25) is 5.91 Å². The summed E-state index contributed by atoms with van der Waals surface area (Å²) >= 11 is 0. The SMILES string of the molecule is CCCCCS(=O)(=O)CC(=O)N1CCN(Cc2cccc3ccccc23)CC1. The summed E-state index contributed by atoms with van der Waals surface area (Å²) in [5, 5.41) is 2.50. The van der Waals surface area contributed by atoms with E-state index in [0.29, 0.717) is 19.5 Å². The van der Waals surface area contributed by atoms with Crippen LogP contribution in [0.2, 0.25) is 0 Å². The van der Waals surface area contributed by atoms with Crippen LogP contribution in [0.5, 0.6) is 0 Å². The Bertz CT molecular complexity index is 898. The van der Waals surface area contributed by atoms with Gasteiger partial charge in [-0.15, -0.1) is 0 Å². The van der Waals surface area contributed by atoms with Crippen LogP contribution >= 0.6 is 0 Å². The Morgan fingerprint density at radius 1 is 0.964 bits per heavy atom. The standard InChI is InChI=1S/C22H30N2O3S/c1-2-3-6-16-28(26,27)18-22(25)24-14-12-23(13-15-24)17-20-10-7-9-19-8-4-5-11-21(19)20/h4-5,7-11H,2-3,6,12-18H2,1H3. The second-order valence-corrected chi connectivity index (χ2v) is 9.78. The number of carbonyl (C=O) groups excluding carboxylic acids is 1. The van der Waals surface area contributed by atoms with Crippen LogP contribution in [0.15, 0.2) is 42.5 Å². The summed E-state index contributed by atoms with van der Waals surface area (Å²) in [6.45, 7) is 5.60. The van der Waals surface area contributed by atoms with Crippen LogP contribution in [0, 0.1) is 0 Å². The molecule has 1 saturated heterocycles. The van der Waals surface area contributed by atoms with E-state index in [0.717, 1.165) is 32.5 Å². The molecule has 0 radical (unpaired) electrons. The van der Waals surface area contributed by atoms with Crippen LogP contribution in [0.1, 0.15) is 31.7 Å². The first-order valence-electron chi connectivity index (χ1n) is 10.2. The van der Waals surface area contributed by atoms with Crippen molar-refractivity contribution < 1.29 is 13.2 Å². The smallest absolute Gasteiger partial charge is 0.237 e. The van der Waals surface area contributed by atoms with Crippen LogP contribution in [0.4, 0.5) is 0 Å². The Hall–Kier alpha value is -1.92. The highest BCUT2D eigenvalue weighted by atomic mass is 32.2. The van der Waals surface area contributed by atoms with Gasteiger partial charge in [0.15, 0.2) is 9.84 Å². The zero-order valence-electron chi connectivity index (χ0n) is 16.6. The molecule has 6 heteroatoms. The molecule has 0 spiro atoms. The van der Waals surface area contributed by atoms with Gasteiger partial charge in [-0.2, -0.15) is 0 Å². The van der Waals surface area contributed by atoms with Gasteiger partial charge < -0.3 is 4.90 Å². The maximum absolute atomic E-state index is 12.4. The van der Waals surface area contributed by atoms with E-state index in [2.05, 4.69) is 41.3 Å². The van der Waals surface area contributed by atoms with Crippen molar-refractivity contribution in [1.29, 1.82) is 0 Å². The molecule has 152 valence electrons. The zero-order valence-corrected chi connectivity index (χ0v) is 17.5. The summed E-state index contributed by atoms with van der Waals surface area (Å²) in [7, 11) is -3.29. The summed E-state index contributed by atoms with van der Waals surface area (Å²) in [6, 6.07) is 14.7. The summed E-state index contributed by atoms with van der Waals surface area (Å²) in [5.41, 5.74) is 1.29. The summed E-state index contributed by atoms with van der Waals surface area (Å²) in [6.07, 6.45) is 2.51. The number of unbranched alkanes of at least 4 members (excludes halogenated alkanes) is 2. The number of rotatable bonds is 8. The molecule has 0 aromatic heterocycles. The molecule has 3 rings (SSSR count). The number of hydrogen-bond acceptors (Lipinski definition) is 4. The highest BCUT2D eigenvalue weighted by molar-refractivity contribution is 7.92. The Morgan fingerprint density at radius 3 is 2.43 bits per heavy atom.